The van der Waals surface area contributed by atoms with Gasteiger partial charge in [0.2, 0.25) is 0 Å². The third-order valence-electron chi connectivity index (χ3n) is 2.51. The van der Waals surface area contributed by atoms with Crippen molar-refractivity contribution in [3.63, 3.8) is 0 Å². The standard InChI is InChI=1S/C15H16N2OS/c1-17-11-15(10-16-17)19-12-14-7-5-13(6-8-14)4-2-3-9-18/h5-8,10-11,18H,3,9,12H2,1H3. The van der Waals surface area contributed by atoms with Crippen LogP contribution in [0.2, 0.25) is 0 Å². The van der Waals surface area contributed by atoms with Gasteiger partial charge < -0.3 is 5.11 Å². The first-order chi connectivity index (χ1) is 9.28. The van der Waals surface area contributed by atoms with E-state index in [1.165, 1.54) is 10.5 Å². The molecule has 98 valence electrons. The Morgan fingerprint density at radius 3 is 2.74 bits per heavy atom. The topological polar surface area (TPSA) is 38.0 Å². The third kappa shape index (κ3) is 4.47. The van der Waals surface area contributed by atoms with Crippen LogP contribution in [0.15, 0.2) is 41.6 Å². The van der Waals surface area contributed by atoms with Gasteiger partial charge in [0.05, 0.1) is 12.8 Å². The third-order valence-corrected chi connectivity index (χ3v) is 3.53. The Morgan fingerprint density at radius 1 is 1.32 bits per heavy atom. The molecule has 2 aromatic rings. The molecule has 1 N–H and O–H groups in total. The van der Waals surface area contributed by atoms with E-state index in [2.05, 4.69) is 29.1 Å². The lowest BCUT2D eigenvalue weighted by Crippen LogP contribution is -1.84. The number of rotatable bonds is 4. The molecule has 4 heteroatoms. The second kappa shape index (κ2) is 7.03. The van der Waals surface area contributed by atoms with Crippen molar-refractivity contribution in [2.24, 2.45) is 7.05 Å². The van der Waals surface area contributed by atoms with Gasteiger partial charge in [-0.3, -0.25) is 4.68 Å². The monoisotopic (exact) mass is 272 g/mol. The fourth-order valence-corrected chi connectivity index (χ4v) is 2.42. The van der Waals surface area contributed by atoms with Crippen molar-refractivity contribution in [1.29, 1.82) is 0 Å². The van der Waals surface area contributed by atoms with Crippen molar-refractivity contribution < 1.29 is 5.11 Å². The SMILES string of the molecule is Cn1cc(SCc2ccc(C#CCCO)cc2)cn1. The molecule has 2 rings (SSSR count). The summed E-state index contributed by atoms with van der Waals surface area (Å²) in [5.74, 6) is 6.86. The summed E-state index contributed by atoms with van der Waals surface area (Å²) >= 11 is 1.77. The van der Waals surface area contributed by atoms with Crippen LogP contribution in [-0.2, 0) is 12.8 Å². The van der Waals surface area contributed by atoms with Gasteiger partial charge in [0.1, 0.15) is 0 Å². The fourth-order valence-electron chi connectivity index (χ4n) is 1.54. The number of aliphatic hydroxyl groups excluding tert-OH is 1. The van der Waals surface area contributed by atoms with Gasteiger partial charge in [0.25, 0.3) is 0 Å². The van der Waals surface area contributed by atoms with Gasteiger partial charge in [-0.05, 0) is 17.7 Å². The number of hydrogen-bond donors (Lipinski definition) is 1. The highest BCUT2D eigenvalue weighted by Crippen LogP contribution is 2.21. The molecule has 1 aromatic heterocycles. The Kier molecular flexibility index (Phi) is 5.08. The lowest BCUT2D eigenvalue weighted by atomic mass is 10.1. The molecule has 0 amide bonds. The summed E-state index contributed by atoms with van der Waals surface area (Å²) < 4.78 is 1.81. The highest BCUT2D eigenvalue weighted by atomic mass is 32.2. The first-order valence-electron chi connectivity index (χ1n) is 6.08. The van der Waals surface area contributed by atoms with Crippen LogP contribution in [0.4, 0.5) is 0 Å². The molecule has 0 atom stereocenters. The molecule has 0 aliphatic carbocycles. The van der Waals surface area contributed by atoms with Gasteiger partial charge in [-0.1, -0.05) is 24.0 Å². The van der Waals surface area contributed by atoms with Crippen LogP contribution in [0.5, 0.6) is 0 Å². The number of thioether (sulfide) groups is 1. The van der Waals surface area contributed by atoms with E-state index in [1.807, 2.05) is 36.3 Å². The summed E-state index contributed by atoms with van der Waals surface area (Å²) in [6.45, 7) is 0.118. The van der Waals surface area contributed by atoms with E-state index in [0.717, 1.165) is 11.3 Å². The van der Waals surface area contributed by atoms with Crippen LogP contribution >= 0.6 is 11.8 Å². The molecule has 0 fully saturated rings. The summed E-state index contributed by atoms with van der Waals surface area (Å²) in [5, 5.41) is 12.8. The van der Waals surface area contributed by atoms with Crippen molar-refractivity contribution >= 4 is 11.8 Å². The van der Waals surface area contributed by atoms with Crippen LogP contribution in [0, 0.1) is 11.8 Å². The second-order valence-corrected chi connectivity index (χ2v) is 5.16. The van der Waals surface area contributed by atoms with Gasteiger partial charge in [-0.15, -0.1) is 11.8 Å². The average Bonchev–Trinajstić information content (AvgIpc) is 2.84. The van der Waals surface area contributed by atoms with Crippen LogP contribution in [0.3, 0.4) is 0 Å². The van der Waals surface area contributed by atoms with Gasteiger partial charge in [0.15, 0.2) is 0 Å². The summed E-state index contributed by atoms with van der Waals surface area (Å²) in [7, 11) is 1.92. The first kappa shape index (κ1) is 13.7. The minimum absolute atomic E-state index is 0.118. The van der Waals surface area contributed by atoms with Crippen molar-refractivity contribution in [2.75, 3.05) is 6.61 Å². The van der Waals surface area contributed by atoms with Crippen LogP contribution in [-0.4, -0.2) is 21.5 Å². The molecule has 1 aromatic carbocycles. The summed E-state index contributed by atoms with van der Waals surface area (Å²) in [5.41, 5.74) is 2.25. The molecule has 19 heavy (non-hydrogen) atoms. The van der Waals surface area contributed by atoms with E-state index in [4.69, 9.17) is 5.11 Å². The fraction of sp³-hybridized carbons (Fsp3) is 0.267. The largest absolute Gasteiger partial charge is 0.395 e. The minimum Gasteiger partial charge on any atom is -0.395 e. The zero-order valence-electron chi connectivity index (χ0n) is 10.8. The number of nitrogens with zero attached hydrogens (tertiary/aromatic N) is 2. The Labute approximate surface area is 117 Å². The quantitative estimate of drug-likeness (QED) is 0.686. The van der Waals surface area contributed by atoms with Crippen molar-refractivity contribution in [3.05, 3.63) is 47.8 Å². The molecule has 0 saturated carbocycles. The van der Waals surface area contributed by atoms with Crippen LogP contribution < -0.4 is 0 Å². The van der Waals surface area contributed by atoms with Crippen molar-refractivity contribution in [3.8, 4) is 11.8 Å². The van der Waals surface area contributed by atoms with Gasteiger partial charge in [-0.2, -0.15) is 5.10 Å². The minimum atomic E-state index is 0.118. The number of hydrogen-bond acceptors (Lipinski definition) is 3. The number of aryl methyl sites for hydroxylation is 1. The smallest absolute Gasteiger partial charge is 0.0625 e. The van der Waals surface area contributed by atoms with Gasteiger partial charge in [-0.25, -0.2) is 0 Å². The lowest BCUT2D eigenvalue weighted by Gasteiger charge is -1.99. The molecular weight excluding hydrogens is 256 g/mol. The van der Waals surface area contributed by atoms with E-state index in [1.54, 1.807) is 11.8 Å². The maximum Gasteiger partial charge on any atom is 0.0625 e. The van der Waals surface area contributed by atoms with Crippen molar-refractivity contribution in [1.82, 2.24) is 9.78 Å². The lowest BCUT2D eigenvalue weighted by molar-refractivity contribution is 0.305. The van der Waals surface area contributed by atoms with E-state index in [0.29, 0.717) is 6.42 Å². The first-order valence-corrected chi connectivity index (χ1v) is 7.06. The van der Waals surface area contributed by atoms with E-state index >= 15 is 0 Å². The zero-order chi connectivity index (χ0) is 13.5. The van der Waals surface area contributed by atoms with E-state index in [-0.39, 0.29) is 6.61 Å². The number of aromatic nitrogens is 2. The van der Waals surface area contributed by atoms with Crippen LogP contribution in [0.1, 0.15) is 17.5 Å². The molecule has 3 nitrogen and oxygen atoms in total. The molecule has 0 bridgehead atoms. The predicted molar refractivity (Wildman–Crippen MR) is 77.8 cm³/mol. The number of aliphatic hydroxyl groups is 1. The Bertz CT molecular complexity index is 578. The molecule has 1 heterocycles. The molecule has 0 unspecified atom stereocenters. The zero-order valence-corrected chi connectivity index (χ0v) is 11.7. The summed E-state index contributed by atoms with van der Waals surface area (Å²) in [6, 6.07) is 8.21. The van der Waals surface area contributed by atoms with Gasteiger partial charge in [0, 0.05) is 35.9 Å². The highest BCUT2D eigenvalue weighted by molar-refractivity contribution is 7.98. The Balaban J connectivity index is 1.90. The second-order valence-electron chi connectivity index (χ2n) is 4.11. The molecular formula is C15H16N2OS. The maximum absolute atomic E-state index is 8.66. The molecule has 0 aliphatic rings. The molecule has 0 radical (unpaired) electrons. The Hall–Kier alpha value is -1.70. The maximum atomic E-state index is 8.66. The Morgan fingerprint density at radius 2 is 2.11 bits per heavy atom. The molecule has 0 spiro atoms. The van der Waals surface area contributed by atoms with E-state index in [9.17, 15) is 0 Å². The molecule has 0 aliphatic heterocycles. The van der Waals surface area contributed by atoms with Crippen molar-refractivity contribution in [2.45, 2.75) is 17.1 Å². The average molecular weight is 272 g/mol. The normalized spacial score (nSPS) is 10.0. The number of benzene rings is 1. The molecule has 0 saturated heterocycles. The highest BCUT2D eigenvalue weighted by Gasteiger charge is 1.98. The van der Waals surface area contributed by atoms with Crippen LogP contribution in [0.25, 0.3) is 0 Å². The predicted octanol–water partition coefficient (Wildman–Crippen LogP) is 2.45. The van der Waals surface area contributed by atoms with Gasteiger partial charge >= 0.3 is 0 Å². The summed E-state index contributed by atoms with van der Waals surface area (Å²) in [6.07, 6.45) is 4.41. The summed E-state index contributed by atoms with van der Waals surface area (Å²) in [4.78, 5) is 1.18. The van der Waals surface area contributed by atoms with E-state index < -0.39 is 0 Å².